The van der Waals surface area contributed by atoms with E-state index in [2.05, 4.69) is 10.6 Å². The predicted octanol–water partition coefficient (Wildman–Crippen LogP) is 1.83. The summed E-state index contributed by atoms with van der Waals surface area (Å²) in [5.41, 5.74) is 1.72. The van der Waals surface area contributed by atoms with Gasteiger partial charge in [0.1, 0.15) is 13.1 Å². The van der Waals surface area contributed by atoms with Gasteiger partial charge in [-0.05, 0) is 24.3 Å². The van der Waals surface area contributed by atoms with Gasteiger partial charge in [0.05, 0.1) is 18.0 Å². The van der Waals surface area contributed by atoms with Crippen LogP contribution in [0.15, 0.2) is 54.6 Å². The number of rotatable bonds is 6. The molecule has 146 valence electrons. The van der Waals surface area contributed by atoms with Gasteiger partial charge in [0.15, 0.2) is 0 Å². The molecule has 0 spiro atoms. The minimum absolute atomic E-state index is 0.117. The lowest BCUT2D eigenvalue weighted by molar-refractivity contribution is -0.123. The van der Waals surface area contributed by atoms with Gasteiger partial charge in [0.2, 0.25) is 11.8 Å². The summed E-state index contributed by atoms with van der Waals surface area (Å²) in [6.45, 7) is 0.489. The van der Waals surface area contributed by atoms with E-state index in [0.717, 1.165) is 0 Å². The van der Waals surface area contributed by atoms with E-state index in [4.69, 9.17) is 4.74 Å². The molecule has 0 atom stereocenters. The maximum Gasteiger partial charge on any atom is 0.326 e. The molecule has 3 rings (SSSR count). The molecular formula is C20H22N4O4. The van der Waals surface area contributed by atoms with Crippen LogP contribution in [0.25, 0.3) is 0 Å². The standard InChI is InChI=1S/C20H22N4O4/c1-28-12-11-21-18(25)13-23-16-9-5-6-10-17(16)24(14-19(23)26)20(27)22-15-7-3-2-4-8-15/h2-10H,11-14H2,1H3,(H,21,25)(H,22,27). The number of benzene rings is 2. The van der Waals surface area contributed by atoms with Gasteiger partial charge in [-0.15, -0.1) is 0 Å². The van der Waals surface area contributed by atoms with Crippen molar-refractivity contribution in [3.8, 4) is 0 Å². The number of ether oxygens (including phenoxy) is 1. The van der Waals surface area contributed by atoms with Crippen molar-refractivity contribution in [2.45, 2.75) is 0 Å². The van der Waals surface area contributed by atoms with Crippen molar-refractivity contribution in [1.82, 2.24) is 5.32 Å². The molecule has 0 aliphatic carbocycles. The molecule has 4 amide bonds. The zero-order valence-electron chi connectivity index (χ0n) is 15.6. The van der Waals surface area contributed by atoms with Crippen LogP contribution in [0.5, 0.6) is 0 Å². The topological polar surface area (TPSA) is 91.0 Å². The van der Waals surface area contributed by atoms with Crippen molar-refractivity contribution in [2.75, 3.05) is 48.5 Å². The molecule has 0 fully saturated rings. The molecule has 1 aliphatic rings. The third-order valence-electron chi connectivity index (χ3n) is 4.26. The van der Waals surface area contributed by atoms with Crippen LogP contribution in [-0.4, -0.2) is 51.2 Å². The number of fused-ring (bicyclic) bond motifs is 1. The number of anilines is 3. The van der Waals surface area contributed by atoms with E-state index < -0.39 is 6.03 Å². The number of nitrogens with one attached hydrogen (secondary N) is 2. The SMILES string of the molecule is COCCNC(=O)CN1C(=O)CN(C(=O)Nc2ccccc2)c2ccccc21. The van der Waals surface area contributed by atoms with Crippen LogP contribution in [0.1, 0.15) is 0 Å². The van der Waals surface area contributed by atoms with E-state index in [0.29, 0.717) is 30.2 Å². The largest absolute Gasteiger partial charge is 0.383 e. The van der Waals surface area contributed by atoms with Crippen LogP contribution >= 0.6 is 0 Å². The molecule has 8 nitrogen and oxygen atoms in total. The van der Waals surface area contributed by atoms with Crippen molar-refractivity contribution >= 4 is 34.9 Å². The molecule has 2 aromatic carbocycles. The van der Waals surface area contributed by atoms with Gasteiger partial charge in [0.25, 0.3) is 0 Å². The number of carbonyl (C=O) groups excluding carboxylic acids is 3. The summed E-state index contributed by atoms with van der Waals surface area (Å²) in [7, 11) is 1.55. The summed E-state index contributed by atoms with van der Waals surface area (Å²) in [5, 5.41) is 5.48. The summed E-state index contributed by atoms with van der Waals surface area (Å²) in [5.74, 6) is -0.619. The van der Waals surface area contributed by atoms with Crippen LogP contribution in [0.4, 0.5) is 21.9 Å². The Hall–Kier alpha value is -3.39. The molecular weight excluding hydrogens is 360 g/mol. The van der Waals surface area contributed by atoms with E-state index in [1.54, 1.807) is 43.5 Å². The van der Waals surface area contributed by atoms with Gasteiger partial charge in [-0.3, -0.25) is 19.4 Å². The quantitative estimate of drug-likeness (QED) is 0.746. The van der Waals surface area contributed by atoms with Crippen LogP contribution < -0.4 is 20.4 Å². The maximum absolute atomic E-state index is 12.7. The van der Waals surface area contributed by atoms with E-state index in [1.165, 1.54) is 9.80 Å². The predicted molar refractivity (Wildman–Crippen MR) is 106 cm³/mol. The number of nitrogens with zero attached hydrogens (tertiary/aromatic N) is 2. The Morgan fingerprint density at radius 3 is 2.43 bits per heavy atom. The van der Waals surface area contributed by atoms with Gasteiger partial charge in [-0.2, -0.15) is 0 Å². The molecule has 0 saturated heterocycles. The van der Waals surface area contributed by atoms with Crippen molar-refractivity contribution in [2.24, 2.45) is 0 Å². The Labute approximate surface area is 163 Å². The number of urea groups is 1. The summed E-state index contributed by atoms with van der Waals surface area (Å²) >= 11 is 0. The number of amides is 4. The third kappa shape index (κ3) is 4.47. The fourth-order valence-corrected chi connectivity index (χ4v) is 2.92. The zero-order valence-corrected chi connectivity index (χ0v) is 15.6. The average Bonchev–Trinajstić information content (AvgIpc) is 2.71. The highest BCUT2D eigenvalue weighted by atomic mass is 16.5. The Balaban J connectivity index is 1.77. The second kappa shape index (κ2) is 9.01. The van der Waals surface area contributed by atoms with Crippen LogP contribution in [0.2, 0.25) is 0 Å². The Bertz CT molecular complexity index is 856. The van der Waals surface area contributed by atoms with Gasteiger partial charge in [-0.25, -0.2) is 4.79 Å². The zero-order chi connectivity index (χ0) is 19.9. The molecule has 8 heteroatoms. The second-order valence-electron chi connectivity index (χ2n) is 6.19. The van der Waals surface area contributed by atoms with E-state index >= 15 is 0 Å². The van der Waals surface area contributed by atoms with E-state index in [1.807, 2.05) is 18.2 Å². The number of carbonyl (C=O) groups is 3. The summed E-state index contributed by atoms with van der Waals surface area (Å²) in [6, 6.07) is 15.6. The van der Waals surface area contributed by atoms with Crippen LogP contribution in [0.3, 0.4) is 0 Å². The molecule has 1 aliphatic heterocycles. The Kier molecular flexibility index (Phi) is 6.23. The second-order valence-corrected chi connectivity index (χ2v) is 6.19. The highest BCUT2D eigenvalue weighted by Crippen LogP contribution is 2.33. The van der Waals surface area contributed by atoms with Gasteiger partial charge >= 0.3 is 6.03 Å². The number of para-hydroxylation sites is 3. The Morgan fingerprint density at radius 2 is 1.71 bits per heavy atom. The molecule has 0 aromatic heterocycles. The first-order valence-corrected chi connectivity index (χ1v) is 8.88. The highest BCUT2D eigenvalue weighted by Gasteiger charge is 2.33. The molecule has 28 heavy (non-hydrogen) atoms. The monoisotopic (exact) mass is 382 g/mol. The third-order valence-corrected chi connectivity index (χ3v) is 4.26. The normalized spacial score (nSPS) is 13.1. The van der Waals surface area contributed by atoms with Crippen LogP contribution in [-0.2, 0) is 14.3 Å². The van der Waals surface area contributed by atoms with Gasteiger partial charge in [0, 0.05) is 19.3 Å². The minimum atomic E-state index is -0.406. The van der Waals surface area contributed by atoms with E-state index in [-0.39, 0.29) is 24.9 Å². The smallest absolute Gasteiger partial charge is 0.326 e. The lowest BCUT2D eigenvalue weighted by Gasteiger charge is -2.35. The molecule has 1 heterocycles. The molecule has 0 bridgehead atoms. The fourth-order valence-electron chi connectivity index (χ4n) is 2.92. The molecule has 0 saturated carbocycles. The average molecular weight is 382 g/mol. The maximum atomic E-state index is 12.7. The first-order valence-electron chi connectivity index (χ1n) is 8.88. The lowest BCUT2D eigenvalue weighted by atomic mass is 10.1. The van der Waals surface area contributed by atoms with E-state index in [9.17, 15) is 14.4 Å². The first-order chi connectivity index (χ1) is 13.6. The summed E-state index contributed by atoms with van der Waals surface area (Å²) in [4.78, 5) is 40.3. The van der Waals surface area contributed by atoms with Crippen molar-refractivity contribution in [3.05, 3.63) is 54.6 Å². The lowest BCUT2D eigenvalue weighted by Crippen LogP contribution is -2.52. The molecule has 0 unspecified atom stereocenters. The Morgan fingerprint density at radius 1 is 1.04 bits per heavy atom. The highest BCUT2D eigenvalue weighted by molar-refractivity contribution is 6.14. The van der Waals surface area contributed by atoms with Crippen molar-refractivity contribution < 1.29 is 19.1 Å². The van der Waals surface area contributed by atoms with Gasteiger partial charge in [-0.1, -0.05) is 30.3 Å². The summed E-state index contributed by atoms with van der Waals surface area (Å²) in [6.07, 6.45) is 0. The van der Waals surface area contributed by atoms with Crippen LogP contribution in [0, 0.1) is 0 Å². The fraction of sp³-hybridized carbons (Fsp3) is 0.250. The minimum Gasteiger partial charge on any atom is -0.383 e. The number of methoxy groups -OCH3 is 1. The number of hydrogen-bond donors (Lipinski definition) is 2. The molecule has 0 radical (unpaired) electrons. The molecule has 2 aromatic rings. The van der Waals surface area contributed by atoms with Crippen molar-refractivity contribution in [3.63, 3.8) is 0 Å². The summed E-state index contributed by atoms with van der Waals surface area (Å²) < 4.78 is 4.90. The van der Waals surface area contributed by atoms with Gasteiger partial charge < -0.3 is 15.4 Å². The molecule has 2 N–H and O–H groups in total. The first kappa shape index (κ1) is 19.4. The van der Waals surface area contributed by atoms with Crippen molar-refractivity contribution in [1.29, 1.82) is 0 Å². The number of hydrogen-bond acceptors (Lipinski definition) is 4.